The van der Waals surface area contributed by atoms with Crippen LogP contribution in [0.5, 0.6) is 0 Å². The molecule has 11 heteroatoms. The van der Waals surface area contributed by atoms with Crippen LogP contribution in [-0.4, -0.2) is 108 Å². The molecule has 0 bridgehead atoms. The van der Waals surface area contributed by atoms with E-state index in [4.69, 9.17) is 0 Å². The summed E-state index contributed by atoms with van der Waals surface area (Å²) in [6.07, 6.45) is 1.55. The minimum absolute atomic E-state index is 0.0529. The Labute approximate surface area is 211 Å². The van der Waals surface area contributed by atoms with Crippen molar-refractivity contribution in [2.75, 3.05) is 70.8 Å². The summed E-state index contributed by atoms with van der Waals surface area (Å²) in [5.74, 6) is -0.151. The molecule has 0 aliphatic carbocycles. The Morgan fingerprint density at radius 3 is 2.69 bits per heavy atom. The van der Waals surface area contributed by atoms with E-state index in [0.717, 1.165) is 52.2 Å². The average Bonchev–Trinajstić information content (AvgIpc) is 2.91. The van der Waals surface area contributed by atoms with E-state index in [1.807, 2.05) is 6.07 Å². The molecule has 11 nitrogen and oxygen atoms in total. The number of β-amino-alcohol motifs (C(OH)–C–C–N with tert-alkyl or cyclic N) is 1. The number of nitrogens with one attached hydrogen (secondary N) is 4. The van der Waals surface area contributed by atoms with Crippen LogP contribution in [0.2, 0.25) is 0 Å². The van der Waals surface area contributed by atoms with Crippen LogP contribution in [-0.2, 0) is 17.8 Å². The summed E-state index contributed by atoms with van der Waals surface area (Å²) < 4.78 is 0. The maximum absolute atomic E-state index is 12.5. The van der Waals surface area contributed by atoms with Gasteiger partial charge in [-0.1, -0.05) is 24.3 Å². The fraction of sp³-hybridized carbons (Fsp3) is 0.520. The summed E-state index contributed by atoms with van der Waals surface area (Å²) >= 11 is 0. The van der Waals surface area contributed by atoms with E-state index in [-0.39, 0.29) is 24.7 Å². The standard InChI is InChI=1S/C25H36N8O3/c34-21(17-33-9-5-19-3-1-2-4-20(19)16-33)14-29-25(36)22-13-23(31-18-30-22)28-15-24(35)27-8-12-32-10-6-26-7-11-32/h1-4,13,18,21,26,34H,5-12,14-17H2,(H,27,35)(H,29,36)(H,28,30,31)/t21-/m0/s1. The topological polar surface area (TPSA) is 135 Å². The fourth-order valence-corrected chi connectivity index (χ4v) is 4.47. The molecule has 2 aromatic rings. The zero-order chi connectivity index (χ0) is 25.2. The molecule has 5 N–H and O–H groups in total. The van der Waals surface area contributed by atoms with Gasteiger partial charge in [0.2, 0.25) is 5.91 Å². The predicted octanol–water partition coefficient (Wildman–Crippen LogP) is -0.941. The lowest BCUT2D eigenvalue weighted by Crippen LogP contribution is -2.46. The predicted molar refractivity (Wildman–Crippen MR) is 137 cm³/mol. The maximum Gasteiger partial charge on any atom is 0.270 e. The SMILES string of the molecule is O=C(CNc1cc(C(=O)NC[C@H](O)CN2CCc3ccccc3C2)ncn1)NCCN1CCNCC1. The van der Waals surface area contributed by atoms with Gasteiger partial charge in [0.1, 0.15) is 17.8 Å². The number of hydrogen-bond acceptors (Lipinski definition) is 9. The minimum atomic E-state index is -0.691. The van der Waals surface area contributed by atoms with Crippen LogP contribution in [0.3, 0.4) is 0 Å². The lowest BCUT2D eigenvalue weighted by atomic mass is 10.00. The summed E-state index contributed by atoms with van der Waals surface area (Å²) in [7, 11) is 0. The first-order chi connectivity index (χ1) is 17.6. The van der Waals surface area contributed by atoms with E-state index in [0.29, 0.717) is 18.9 Å². The monoisotopic (exact) mass is 496 g/mol. The molecule has 0 unspecified atom stereocenters. The highest BCUT2D eigenvalue weighted by atomic mass is 16.3. The lowest BCUT2D eigenvalue weighted by Gasteiger charge is -2.30. The van der Waals surface area contributed by atoms with E-state index in [1.54, 1.807) is 0 Å². The molecule has 3 heterocycles. The Morgan fingerprint density at radius 2 is 1.86 bits per heavy atom. The Hall–Kier alpha value is -3.12. The van der Waals surface area contributed by atoms with Gasteiger partial charge in [0.15, 0.2) is 0 Å². The summed E-state index contributed by atoms with van der Waals surface area (Å²) in [5.41, 5.74) is 2.82. The minimum Gasteiger partial charge on any atom is -0.390 e. The average molecular weight is 497 g/mol. The zero-order valence-corrected chi connectivity index (χ0v) is 20.6. The number of aromatic nitrogens is 2. The second-order valence-electron chi connectivity index (χ2n) is 9.20. The van der Waals surface area contributed by atoms with Crippen LogP contribution < -0.4 is 21.3 Å². The molecule has 2 aliphatic rings. The Balaban J connectivity index is 1.15. The van der Waals surface area contributed by atoms with E-state index < -0.39 is 12.0 Å². The van der Waals surface area contributed by atoms with Crippen LogP contribution in [0.25, 0.3) is 0 Å². The largest absolute Gasteiger partial charge is 0.390 e. The van der Waals surface area contributed by atoms with Gasteiger partial charge in [-0.2, -0.15) is 0 Å². The third kappa shape index (κ3) is 7.95. The number of carbonyl (C=O) groups is 2. The number of hydrogen-bond donors (Lipinski definition) is 5. The number of aliphatic hydroxyl groups is 1. The molecule has 4 rings (SSSR count). The van der Waals surface area contributed by atoms with Gasteiger partial charge in [-0.25, -0.2) is 9.97 Å². The van der Waals surface area contributed by atoms with Crippen molar-refractivity contribution in [3.63, 3.8) is 0 Å². The number of piperazine rings is 1. The van der Waals surface area contributed by atoms with Crippen LogP contribution in [0.15, 0.2) is 36.7 Å². The van der Waals surface area contributed by atoms with Gasteiger partial charge < -0.3 is 26.4 Å². The van der Waals surface area contributed by atoms with Crippen molar-refractivity contribution in [1.82, 2.24) is 35.7 Å². The third-order valence-corrected chi connectivity index (χ3v) is 6.47. The van der Waals surface area contributed by atoms with E-state index in [2.05, 4.69) is 59.2 Å². The summed E-state index contributed by atoms with van der Waals surface area (Å²) in [6.45, 7) is 7.68. The van der Waals surface area contributed by atoms with Gasteiger partial charge in [-0.05, 0) is 17.5 Å². The number of anilines is 1. The van der Waals surface area contributed by atoms with Crippen LogP contribution in [0.1, 0.15) is 21.6 Å². The summed E-state index contributed by atoms with van der Waals surface area (Å²) in [6, 6.07) is 9.85. The molecular weight excluding hydrogens is 460 g/mol. The molecule has 0 spiro atoms. The highest BCUT2D eigenvalue weighted by molar-refractivity contribution is 5.93. The Bertz CT molecular complexity index is 1010. The molecule has 0 saturated carbocycles. The molecule has 2 aliphatic heterocycles. The van der Waals surface area contributed by atoms with Gasteiger partial charge >= 0.3 is 0 Å². The van der Waals surface area contributed by atoms with Crippen LogP contribution in [0.4, 0.5) is 5.82 Å². The molecule has 0 radical (unpaired) electrons. The highest BCUT2D eigenvalue weighted by Crippen LogP contribution is 2.18. The number of rotatable bonds is 11. The Morgan fingerprint density at radius 1 is 1.06 bits per heavy atom. The number of carbonyl (C=O) groups excluding carboxylic acids is 2. The third-order valence-electron chi connectivity index (χ3n) is 6.47. The molecular formula is C25H36N8O3. The normalized spacial score (nSPS) is 17.1. The fourth-order valence-electron chi connectivity index (χ4n) is 4.47. The second kappa shape index (κ2) is 13.3. The number of fused-ring (bicyclic) bond motifs is 1. The number of nitrogens with zero attached hydrogens (tertiary/aromatic N) is 4. The lowest BCUT2D eigenvalue weighted by molar-refractivity contribution is -0.119. The van der Waals surface area contributed by atoms with Crippen molar-refractivity contribution in [3.8, 4) is 0 Å². The van der Waals surface area contributed by atoms with E-state index in [9.17, 15) is 14.7 Å². The smallest absolute Gasteiger partial charge is 0.270 e. The molecule has 36 heavy (non-hydrogen) atoms. The van der Waals surface area contributed by atoms with Gasteiger partial charge in [0.25, 0.3) is 5.91 Å². The van der Waals surface area contributed by atoms with E-state index in [1.165, 1.54) is 23.5 Å². The van der Waals surface area contributed by atoms with Crippen molar-refractivity contribution in [2.24, 2.45) is 0 Å². The molecule has 1 atom stereocenters. The first-order valence-electron chi connectivity index (χ1n) is 12.6. The first-order valence-corrected chi connectivity index (χ1v) is 12.6. The van der Waals surface area contributed by atoms with Gasteiger partial charge in [0.05, 0.1) is 12.6 Å². The second-order valence-corrected chi connectivity index (χ2v) is 9.20. The van der Waals surface area contributed by atoms with Crippen molar-refractivity contribution >= 4 is 17.6 Å². The number of benzene rings is 1. The van der Waals surface area contributed by atoms with Crippen molar-refractivity contribution in [1.29, 1.82) is 0 Å². The molecule has 1 fully saturated rings. The van der Waals surface area contributed by atoms with Gasteiger partial charge in [0, 0.05) is 71.5 Å². The summed E-state index contributed by atoms with van der Waals surface area (Å²) in [5, 5.41) is 22.3. The first kappa shape index (κ1) is 26.0. The maximum atomic E-state index is 12.5. The van der Waals surface area contributed by atoms with Crippen LogP contribution in [0, 0.1) is 0 Å². The van der Waals surface area contributed by atoms with Crippen LogP contribution >= 0.6 is 0 Å². The molecule has 194 valence electrons. The van der Waals surface area contributed by atoms with Crippen molar-refractivity contribution < 1.29 is 14.7 Å². The quantitative estimate of drug-likeness (QED) is 0.267. The molecule has 2 amide bonds. The summed E-state index contributed by atoms with van der Waals surface area (Å²) in [4.78, 5) is 37.3. The van der Waals surface area contributed by atoms with Crippen molar-refractivity contribution in [3.05, 3.63) is 53.5 Å². The number of aliphatic hydroxyl groups excluding tert-OH is 1. The Kier molecular flexibility index (Phi) is 9.56. The van der Waals surface area contributed by atoms with Gasteiger partial charge in [-0.3, -0.25) is 19.4 Å². The van der Waals surface area contributed by atoms with Crippen molar-refractivity contribution in [2.45, 2.75) is 19.1 Å². The zero-order valence-electron chi connectivity index (χ0n) is 20.6. The van der Waals surface area contributed by atoms with Gasteiger partial charge in [-0.15, -0.1) is 0 Å². The van der Waals surface area contributed by atoms with E-state index >= 15 is 0 Å². The highest BCUT2D eigenvalue weighted by Gasteiger charge is 2.19. The molecule has 1 aromatic heterocycles. The molecule has 1 saturated heterocycles. The molecule has 1 aromatic carbocycles. The number of amides is 2.